The molecule has 2 heteroatoms. The Kier molecular flexibility index (Phi) is 3.47. The molecule has 1 atom stereocenters. The van der Waals surface area contributed by atoms with Crippen LogP contribution in [0.5, 0.6) is 0 Å². The molecule has 1 aromatic heterocycles. The molecule has 0 aromatic carbocycles. The molecule has 1 aliphatic carbocycles. The predicted octanol–water partition coefficient (Wildman–Crippen LogP) is 3.46. The van der Waals surface area contributed by atoms with Gasteiger partial charge in [-0.2, -0.15) is 11.3 Å². The Morgan fingerprint density at radius 1 is 1.47 bits per heavy atom. The average Bonchev–Trinajstić information content (AvgIpc) is 2.85. The fraction of sp³-hybridized carbons (Fsp3) is 0.692. The molecule has 1 aliphatic rings. The van der Waals surface area contributed by atoms with Crippen molar-refractivity contribution in [2.45, 2.75) is 45.1 Å². The second-order valence-corrected chi connectivity index (χ2v) is 5.82. The van der Waals surface area contributed by atoms with Crippen molar-refractivity contribution in [1.82, 2.24) is 5.32 Å². The largest absolute Gasteiger partial charge is 0.316 e. The van der Waals surface area contributed by atoms with Gasteiger partial charge in [0, 0.05) is 6.04 Å². The van der Waals surface area contributed by atoms with Gasteiger partial charge in [0.25, 0.3) is 0 Å². The van der Waals surface area contributed by atoms with Gasteiger partial charge >= 0.3 is 0 Å². The van der Waals surface area contributed by atoms with Crippen molar-refractivity contribution in [3.05, 3.63) is 22.4 Å². The van der Waals surface area contributed by atoms with Crippen LogP contribution in [0.2, 0.25) is 0 Å². The molecule has 1 heterocycles. The van der Waals surface area contributed by atoms with E-state index in [4.69, 9.17) is 0 Å². The Hall–Kier alpha value is -0.340. The fourth-order valence-corrected chi connectivity index (χ4v) is 3.55. The van der Waals surface area contributed by atoms with E-state index < -0.39 is 0 Å². The van der Waals surface area contributed by atoms with Gasteiger partial charge in [-0.3, -0.25) is 0 Å². The monoisotopic (exact) mass is 223 g/mol. The van der Waals surface area contributed by atoms with Crippen LogP contribution in [0, 0.1) is 5.41 Å². The highest BCUT2D eigenvalue weighted by molar-refractivity contribution is 7.07. The molecule has 0 saturated heterocycles. The molecule has 0 amide bonds. The third-order valence-electron chi connectivity index (χ3n) is 3.96. The van der Waals surface area contributed by atoms with Crippen LogP contribution in [0.15, 0.2) is 16.8 Å². The van der Waals surface area contributed by atoms with Crippen molar-refractivity contribution in [2.75, 3.05) is 7.05 Å². The maximum Gasteiger partial charge on any atom is 0.0158 e. The lowest BCUT2D eigenvalue weighted by Gasteiger charge is -2.34. The standard InChI is InChI=1S/C13H21NS/c1-13(6-3-4-7-13)12(14-2)9-11-5-8-15-10-11/h5,8,10,12,14H,3-4,6-7,9H2,1-2H3. The lowest BCUT2D eigenvalue weighted by molar-refractivity contribution is 0.229. The molecular weight excluding hydrogens is 202 g/mol. The quantitative estimate of drug-likeness (QED) is 0.824. The Morgan fingerprint density at radius 2 is 2.20 bits per heavy atom. The molecular formula is C13H21NS. The number of hydrogen-bond acceptors (Lipinski definition) is 2. The summed E-state index contributed by atoms with van der Waals surface area (Å²) in [5, 5.41) is 7.99. The van der Waals surface area contributed by atoms with Crippen LogP contribution in [0.4, 0.5) is 0 Å². The maximum atomic E-state index is 3.53. The van der Waals surface area contributed by atoms with E-state index in [1.54, 1.807) is 11.3 Å². The summed E-state index contributed by atoms with van der Waals surface area (Å²) in [4.78, 5) is 0. The number of rotatable bonds is 4. The fourth-order valence-electron chi connectivity index (χ4n) is 2.87. The zero-order valence-electron chi connectivity index (χ0n) is 9.75. The molecule has 1 N–H and O–H groups in total. The summed E-state index contributed by atoms with van der Waals surface area (Å²) in [5.41, 5.74) is 2.02. The van der Waals surface area contributed by atoms with Crippen molar-refractivity contribution in [1.29, 1.82) is 0 Å². The molecule has 1 nitrogen and oxygen atoms in total. The van der Waals surface area contributed by atoms with Crippen LogP contribution in [-0.2, 0) is 6.42 Å². The van der Waals surface area contributed by atoms with Gasteiger partial charge in [-0.25, -0.2) is 0 Å². The van der Waals surface area contributed by atoms with Gasteiger partial charge < -0.3 is 5.32 Å². The smallest absolute Gasteiger partial charge is 0.0158 e. The second kappa shape index (κ2) is 4.67. The highest BCUT2D eigenvalue weighted by Crippen LogP contribution is 2.41. The van der Waals surface area contributed by atoms with Crippen LogP contribution in [0.25, 0.3) is 0 Å². The third kappa shape index (κ3) is 2.43. The van der Waals surface area contributed by atoms with Gasteiger partial charge in [0.15, 0.2) is 0 Å². The van der Waals surface area contributed by atoms with E-state index >= 15 is 0 Å². The lowest BCUT2D eigenvalue weighted by atomic mass is 9.78. The van der Waals surface area contributed by atoms with Gasteiger partial charge in [0.05, 0.1) is 0 Å². The Balaban J connectivity index is 2.03. The Labute approximate surface area is 96.9 Å². The number of thiophene rings is 1. The van der Waals surface area contributed by atoms with Crippen LogP contribution >= 0.6 is 11.3 Å². The van der Waals surface area contributed by atoms with E-state index in [-0.39, 0.29) is 0 Å². The van der Waals surface area contributed by atoms with Crippen LogP contribution in [-0.4, -0.2) is 13.1 Å². The first kappa shape index (κ1) is 11.2. The van der Waals surface area contributed by atoms with E-state index in [9.17, 15) is 0 Å². The molecule has 15 heavy (non-hydrogen) atoms. The molecule has 0 spiro atoms. The first-order chi connectivity index (χ1) is 7.24. The summed E-state index contributed by atoms with van der Waals surface area (Å²) >= 11 is 1.81. The van der Waals surface area contributed by atoms with Gasteiger partial charge in [-0.15, -0.1) is 0 Å². The van der Waals surface area contributed by atoms with Gasteiger partial charge in [-0.05, 0) is 54.1 Å². The van der Waals surface area contributed by atoms with Crippen LogP contribution in [0.3, 0.4) is 0 Å². The molecule has 2 rings (SSSR count). The van der Waals surface area contributed by atoms with Crippen LogP contribution < -0.4 is 5.32 Å². The second-order valence-electron chi connectivity index (χ2n) is 5.04. The van der Waals surface area contributed by atoms with Crippen LogP contribution in [0.1, 0.15) is 38.2 Å². The molecule has 0 aliphatic heterocycles. The SMILES string of the molecule is CNC(Cc1ccsc1)C1(C)CCCC1. The summed E-state index contributed by atoms with van der Waals surface area (Å²) in [5.74, 6) is 0. The highest BCUT2D eigenvalue weighted by Gasteiger charge is 2.35. The van der Waals surface area contributed by atoms with Crippen molar-refractivity contribution < 1.29 is 0 Å². The average molecular weight is 223 g/mol. The molecule has 84 valence electrons. The molecule has 1 saturated carbocycles. The van der Waals surface area contributed by atoms with E-state index in [2.05, 4.69) is 36.1 Å². The van der Waals surface area contributed by atoms with Gasteiger partial charge in [-0.1, -0.05) is 19.8 Å². The lowest BCUT2D eigenvalue weighted by Crippen LogP contribution is -2.41. The minimum atomic E-state index is 0.524. The number of nitrogens with one attached hydrogen (secondary N) is 1. The van der Waals surface area contributed by atoms with E-state index in [0.29, 0.717) is 11.5 Å². The topological polar surface area (TPSA) is 12.0 Å². The first-order valence-corrected chi connectivity index (χ1v) is 6.87. The molecule has 0 bridgehead atoms. The molecule has 0 radical (unpaired) electrons. The zero-order chi connectivity index (χ0) is 10.7. The minimum Gasteiger partial charge on any atom is -0.316 e. The Morgan fingerprint density at radius 3 is 2.73 bits per heavy atom. The highest BCUT2D eigenvalue weighted by atomic mass is 32.1. The summed E-state index contributed by atoms with van der Waals surface area (Å²) in [6.45, 7) is 2.45. The van der Waals surface area contributed by atoms with Crippen molar-refractivity contribution in [2.24, 2.45) is 5.41 Å². The Bertz CT molecular complexity index is 285. The normalized spacial score (nSPS) is 21.7. The molecule has 1 aromatic rings. The summed E-state index contributed by atoms with van der Waals surface area (Å²) in [7, 11) is 2.11. The summed E-state index contributed by atoms with van der Waals surface area (Å²) < 4.78 is 0. The zero-order valence-corrected chi connectivity index (χ0v) is 10.6. The van der Waals surface area contributed by atoms with Gasteiger partial charge in [0.2, 0.25) is 0 Å². The van der Waals surface area contributed by atoms with Crippen molar-refractivity contribution in [3.8, 4) is 0 Å². The maximum absolute atomic E-state index is 3.53. The predicted molar refractivity (Wildman–Crippen MR) is 67.4 cm³/mol. The van der Waals surface area contributed by atoms with E-state index in [1.165, 1.54) is 37.7 Å². The van der Waals surface area contributed by atoms with E-state index in [1.807, 2.05) is 0 Å². The summed E-state index contributed by atoms with van der Waals surface area (Å²) in [6.07, 6.45) is 6.80. The van der Waals surface area contributed by atoms with Gasteiger partial charge in [0.1, 0.15) is 0 Å². The third-order valence-corrected chi connectivity index (χ3v) is 4.69. The first-order valence-electron chi connectivity index (χ1n) is 5.93. The number of likely N-dealkylation sites (N-methyl/N-ethyl adjacent to an activating group) is 1. The summed E-state index contributed by atoms with van der Waals surface area (Å²) in [6, 6.07) is 2.91. The number of hydrogen-bond donors (Lipinski definition) is 1. The van der Waals surface area contributed by atoms with Crippen molar-refractivity contribution in [3.63, 3.8) is 0 Å². The molecule has 1 unspecified atom stereocenters. The van der Waals surface area contributed by atoms with E-state index in [0.717, 1.165) is 0 Å². The minimum absolute atomic E-state index is 0.524. The van der Waals surface area contributed by atoms with Crippen molar-refractivity contribution >= 4 is 11.3 Å². The molecule has 1 fully saturated rings.